The molecule has 0 radical (unpaired) electrons. The van der Waals surface area contributed by atoms with Crippen molar-refractivity contribution in [2.24, 2.45) is 14.1 Å². The van der Waals surface area contributed by atoms with Crippen LogP contribution in [0.4, 0.5) is 0 Å². The van der Waals surface area contributed by atoms with E-state index in [0.29, 0.717) is 12.6 Å². The highest BCUT2D eigenvalue weighted by Gasteiger charge is 2.17. The van der Waals surface area contributed by atoms with E-state index >= 15 is 0 Å². The van der Waals surface area contributed by atoms with Gasteiger partial charge in [-0.05, 0) is 6.92 Å². The zero-order valence-corrected chi connectivity index (χ0v) is 11.1. The molecule has 1 N–H and O–H groups in total. The molecule has 0 bridgehead atoms. The Balaban J connectivity index is 2.24. The molecule has 1 fully saturated rings. The average molecular weight is 252 g/mol. The quantitative estimate of drug-likeness (QED) is 0.724. The molecule has 1 aromatic heterocycles. The predicted molar refractivity (Wildman–Crippen MR) is 69.7 cm³/mol. The van der Waals surface area contributed by atoms with Crippen molar-refractivity contribution in [3.63, 3.8) is 0 Å². The summed E-state index contributed by atoms with van der Waals surface area (Å²) >= 11 is 0. The van der Waals surface area contributed by atoms with Gasteiger partial charge in [-0.15, -0.1) is 0 Å². The van der Waals surface area contributed by atoms with Gasteiger partial charge in [0.1, 0.15) is 0 Å². The number of nitrogens with one attached hydrogen (secondary N) is 1. The Morgan fingerprint density at radius 2 is 2.06 bits per heavy atom. The second-order valence-corrected chi connectivity index (χ2v) is 4.96. The number of piperazine rings is 1. The average Bonchev–Trinajstić information content (AvgIpc) is 2.33. The molecule has 1 aliphatic rings. The minimum atomic E-state index is -0.263. The number of rotatable bonds is 2. The first-order valence-corrected chi connectivity index (χ1v) is 6.20. The van der Waals surface area contributed by atoms with Crippen LogP contribution in [0.25, 0.3) is 0 Å². The third kappa shape index (κ3) is 2.54. The first kappa shape index (κ1) is 13.0. The largest absolute Gasteiger partial charge is 0.330 e. The molecule has 0 spiro atoms. The maximum atomic E-state index is 11.8. The van der Waals surface area contributed by atoms with E-state index in [1.54, 1.807) is 17.7 Å². The summed E-state index contributed by atoms with van der Waals surface area (Å²) in [5.74, 6) is 0. The van der Waals surface area contributed by atoms with Crippen LogP contribution >= 0.6 is 0 Å². The molecule has 18 heavy (non-hydrogen) atoms. The van der Waals surface area contributed by atoms with E-state index in [9.17, 15) is 9.59 Å². The fourth-order valence-corrected chi connectivity index (χ4v) is 2.31. The van der Waals surface area contributed by atoms with Crippen molar-refractivity contribution in [1.29, 1.82) is 0 Å². The second kappa shape index (κ2) is 5.07. The van der Waals surface area contributed by atoms with E-state index in [0.717, 1.165) is 29.9 Å². The molecule has 6 nitrogen and oxygen atoms in total. The fourth-order valence-electron chi connectivity index (χ4n) is 2.31. The van der Waals surface area contributed by atoms with Gasteiger partial charge in [-0.25, -0.2) is 4.79 Å². The molecule has 6 heteroatoms. The lowest BCUT2D eigenvalue weighted by atomic mass is 10.2. The summed E-state index contributed by atoms with van der Waals surface area (Å²) in [5, 5.41) is 3.37. The number of aromatic nitrogens is 2. The molecule has 1 atom stereocenters. The van der Waals surface area contributed by atoms with E-state index < -0.39 is 0 Å². The summed E-state index contributed by atoms with van der Waals surface area (Å²) in [7, 11) is 3.21. The lowest BCUT2D eigenvalue weighted by Crippen LogP contribution is -2.49. The van der Waals surface area contributed by atoms with Crippen LogP contribution in [0.15, 0.2) is 15.7 Å². The van der Waals surface area contributed by atoms with Gasteiger partial charge >= 0.3 is 5.69 Å². The van der Waals surface area contributed by atoms with Gasteiger partial charge in [0.05, 0.1) is 0 Å². The van der Waals surface area contributed by atoms with E-state index in [-0.39, 0.29) is 11.2 Å². The Kier molecular flexibility index (Phi) is 3.68. The summed E-state index contributed by atoms with van der Waals surface area (Å²) in [5.41, 5.74) is 0.272. The predicted octanol–water partition coefficient (Wildman–Crippen LogP) is -1.12. The Morgan fingerprint density at radius 3 is 2.72 bits per heavy atom. The van der Waals surface area contributed by atoms with Gasteiger partial charge in [-0.1, -0.05) is 0 Å². The van der Waals surface area contributed by atoms with Gasteiger partial charge in [0.15, 0.2) is 0 Å². The topological polar surface area (TPSA) is 59.3 Å². The van der Waals surface area contributed by atoms with Gasteiger partial charge in [-0.3, -0.25) is 18.8 Å². The van der Waals surface area contributed by atoms with Crippen LogP contribution in [0, 0.1) is 0 Å². The molecular weight excluding hydrogens is 232 g/mol. The molecular formula is C12H20N4O2. The Morgan fingerprint density at radius 1 is 1.33 bits per heavy atom. The number of hydrogen-bond donors (Lipinski definition) is 1. The lowest BCUT2D eigenvalue weighted by molar-refractivity contribution is 0.195. The molecule has 2 heterocycles. The maximum Gasteiger partial charge on any atom is 0.330 e. The zero-order chi connectivity index (χ0) is 13.3. The van der Waals surface area contributed by atoms with E-state index in [1.165, 1.54) is 7.05 Å². The van der Waals surface area contributed by atoms with Crippen molar-refractivity contribution in [3.05, 3.63) is 32.6 Å². The minimum absolute atomic E-state index is 0.240. The van der Waals surface area contributed by atoms with Gasteiger partial charge in [0.2, 0.25) is 0 Å². The van der Waals surface area contributed by atoms with Crippen LogP contribution in [-0.2, 0) is 20.6 Å². The van der Waals surface area contributed by atoms with Crippen LogP contribution in [-0.4, -0.2) is 39.7 Å². The highest BCUT2D eigenvalue weighted by molar-refractivity contribution is 5.02. The minimum Gasteiger partial charge on any atom is -0.312 e. The fraction of sp³-hybridized carbons (Fsp3) is 0.667. The maximum absolute atomic E-state index is 11.8. The molecule has 100 valence electrons. The number of hydrogen-bond acceptors (Lipinski definition) is 4. The summed E-state index contributed by atoms with van der Waals surface area (Å²) in [6.07, 6.45) is 0. The molecule has 0 saturated carbocycles. The molecule has 1 aliphatic heterocycles. The van der Waals surface area contributed by atoms with E-state index in [1.807, 2.05) is 0 Å². The van der Waals surface area contributed by atoms with Crippen LogP contribution in [0.2, 0.25) is 0 Å². The van der Waals surface area contributed by atoms with Crippen molar-refractivity contribution < 1.29 is 0 Å². The molecule has 0 amide bonds. The highest BCUT2D eigenvalue weighted by atomic mass is 16.2. The normalized spacial score (nSPS) is 21.2. The summed E-state index contributed by atoms with van der Waals surface area (Å²) in [6.45, 7) is 5.60. The molecule has 0 aromatic carbocycles. The molecule has 1 saturated heterocycles. The van der Waals surface area contributed by atoms with Gasteiger partial charge in [0.25, 0.3) is 5.56 Å². The van der Waals surface area contributed by atoms with Gasteiger partial charge in [-0.2, -0.15) is 0 Å². The van der Waals surface area contributed by atoms with Crippen LogP contribution in [0.3, 0.4) is 0 Å². The molecule has 0 aliphatic carbocycles. The smallest absolute Gasteiger partial charge is 0.312 e. The number of nitrogens with zero attached hydrogens (tertiary/aromatic N) is 3. The lowest BCUT2D eigenvalue weighted by Gasteiger charge is -2.32. The summed E-state index contributed by atoms with van der Waals surface area (Å²) in [6, 6.07) is 2.00. The van der Waals surface area contributed by atoms with Crippen molar-refractivity contribution >= 4 is 0 Å². The van der Waals surface area contributed by atoms with E-state index in [2.05, 4.69) is 17.1 Å². The summed E-state index contributed by atoms with van der Waals surface area (Å²) < 4.78 is 2.68. The van der Waals surface area contributed by atoms with Crippen molar-refractivity contribution in [2.45, 2.75) is 19.5 Å². The second-order valence-electron chi connectivity index (χ2n) is 4.96. The third-order valence-corrected chi connectivity index (χ3v) is 3.46. The Hall–Kier alpha value is -1.40. The van der Waals surface area contributed by atoms with Crippen LogP contribution < -0.4 is 16.6 Å². The molecule has 1 aromatic rings. The van der Waals surface area contributed by atoms with Gasteiger partial charge in [0, 0.05) is 58.1 Å². The van der Waals surface area contributed by atoms with Crippen LogP contribution in [0.1, 0.15) is 12.6 Å². The zero-order valence-electron chi connectivity index (χ0n) is 11.1. The molecule has 2 rings (SSSR count). The van der Waals surface area contributed by atoms with Crippen LogP contribution in [0.5, 0.6) is 0 Å². The van der Waals surface area contributed by atoms with E-state index in [4.69, 9.17) is 0 Å². The first-order valence-electron chi connectivity index (χ1n) is 6.20. The standard InChI is InChI=1S/C12H20N4O2/c1-9-7-16(5-4-13-9)8-10-6-11(17)15(3)12(18)14(10)2/h6,9,13H,4-5,7-8H2,1-3H3/t9-/m1/s1. The third-order valence-electron chi connectivity index (χ3n) is 3.46. The molecule has 0 unspecified atom stereocenters. The summed E-state index contributed by atoms with van der Waals surface area (Å²) in [4.78, 5) is 25.7. The Bertz CT molecular complexity index is 546. The Labute approximate surface area is 106 Å². The highest BCUT2D eigenvalue weighted by Crippen LogP contribution is 2.04. The monoisotopic (exact) mass is 252 g/mol. The van der Waals surface area contributed by atoms with Crippen molar-refractivity contribution in [1.82, 2.24) is 19.4 Å². The van der Waals surface area contributed by atoms with Crippen molar-refractivity contribution in [2.75, 3.05) is 19.6 Å². The van der Waals surface area contributed by atoms with Gasteiger partial charge < -0.3 is 5.32 Å². The SMILES string of the molecule is C[C@@H]1CN(Cc2cc(=O)n(C)c(=O)n2C)CCN1. The van der Waals surface area contributed by atoms with Crippen molar-refractivity contribution in [3.8, 4) is 0 Å². The first-order chi connectivity index (χ1) is 8.49.